The number of carboxylic acid groups (broad SMARTS) is 1. The van der Waals surface area contributed by atoms with E-state index in [1.807, 2.05) is 32.6 Å². The molecule has 3 aromatic rings. The van der Waals surface area contributed by atoms with Gasteiger partial charge in [0.1, 0.15) is 12.1 Å². The van der Waals surface area contributed by atoms with Crippen LogP contribution in [0.5, 0.6) is 0 Å². The first-order valence-corrected chi connectivity index (χ1v) is 12.1. The Balaban J connectivity index is 1.90. The lowest BCUT2D eigenvalue weighted by atomic mass is 10.1. The molecule has 1 amide bonds. The van der Waals surface area contributed by atoms with Crippen LogP contribution in [0.1, 0.15) is 31.9 Å². The summed E-state index contributed by atoms with van der Waals surface area (Å²) in [7, 11) is -3.91. The van der Waals surface area contributed by atoms with E-state index in [1.165, 1.54) is 15.2 Å². The molecule has 1 aliphatic rings. The van der Waals surface area contributed by atoms with Crippen molar-refractivity contribution in [1.29, 1.82) is 0 Å². The first kappa shape index (κ1) is 22.8. The van der Waals surface area contributed by atoms with Crippen molar-refractivity contribution < 1.29 is 18.3 Å². The van der Waals surface area contributed by atoms with Crippen molar-refractivity contribution in [3.05, 3.63) is 54.5 Å². The summed E-state index contributed by atoms with van der Waals surface area (Å²) in [5.41, 5.74) is 2.54. The molecule has 2 aromatic heterocycles. The molecule has 174 valence electrons. The second-order valence-electron chi connectivity index (χ2n) is 8.62. The van der Waals surface area contributed by atoms with Crippen molar-refractivity contribution in [2.75, 3.05) is 18.0 Å². The standard InChI is InChI=1S/C23H27N5O4S/c1-14(2)19-12-28(33(31,32)18-8-6-15(3)7-9-18)22-20(19)21(24-13-25-22)26-10-17(5)27(23(29)30)11-16(26)4/h6-9,12-13,16-17H,1,10-11H2,2-5H3,(H,29,30). The molecule has 2 unspecified atom stereocenters. The van der Waals surface area contributed by atoms with Gasteiger partial charge in [0, 0.05) is 36.9 Å². The van der Waals surface area contributed by atoms with Gasteiger partial charge in [-0.15, -0.1) is 0 Å². The molecule has 4 rings (SSSR count). The molecule has 0 radical (unpaired) electrons. The maximum atomic E-state index is 13.5. The molecular formula is C23H27N5O4S. The van der Waals surface area contributed by atoms with Crippen molar-refractivity contribution in [2.24, 2.45) is 0 Å². The van der Waals surface area contributed by atoms with Gasteiger partial charge in [-0.05, 0) is 45.4 Å². The summed E-state index contributed by atoms with van der Waals surface area (Å²) < 4.78 is 28.2. The average Bonchev–Trinajstić information content (AvgIpc) is 3.16. The van der Waals surface area contributed by atoms with Crippen LogP contribution in [0, 0.1) is 6.92 Å². The quantitative estimate of drug-likeness (QED) is 0.622. The smallest absolute Gasteiger partial charge is 0.407 e. The van der Waals surface area contributed by atoms with Gasteiger partial charge >= 0.3 is 6.09 Å². The first-order chi connectivity index (χ1) is 15.5. The number of anilines is 1. The molecule has 0 aliphatic carbocycles. The van der Waals surface area contributed by atoms with E-state index in [0.717, 1.165) is 5.56 Å². The van der Waals surface area contributed by atoms with Gasteiger partial charge in [-0.1, -0.05) is 24.3 Å². The Kier molecular flexibility index (Phi) is 5.65. The lowest BCUT2D eigenvalue weighted by molar-refractivity contribution is 0.114. The lowest BCUT2D eigenvalue weighted by Crippen LogP contribution is -2.58. The van der Waals surface area contributed by atoms with Crippen LogP contribution in [0.4, 0.5) is 10.6 Å². The molecule has 10 heteroatoms. The average molecular weight is 470 g/mol. The minimum atomic E-state index is -3.91. The number of nitrogens with zero attached hydrogens (tertiary/aromatic N) is 5. The van der Waals surface area contributed by atoms with E-state index >= 15 is 0 Å². The molecule has 1 aliphatic heterocycles. The normalized spacial score (nSPS) is 19.2. The highest BCUT2D eigenvalue weighted by molar-refractivity contribution is 7.90. The summed E-state index contributed by atoms with van der Waals surface area (Å²) in [6, 6.07) is 6.25. The van der Waals surface area contributed by atoms with Crippen LogP contribution in [0.25, 0.3) is 16.6 Å². The third kappa shape index (κ3) is 3.84. The number of amides is 1. The summed E-state index contributed by atoms with van der Waals surface area (Å²) in [5.74, 6) is 0.570. The second-order valence-corrected chi connectivity index (χ2v) is 10.4. The molecule has 1 aromatic carbocycles. The zero-order valence-corrected chi connectivity index (χ0v) is 19.9. The summed E-state index contributed by atoms with van der Waals surface area (Å²) in [4.78, 5) is 24.0. The Labute approximate surface area is 193 Å². The van der Waals surface area contributed by atoms with Crippen molar-refractivity contribution >= 4 is 38.5 Å². The number of carbonyl (C=O) groups is 1. The van der Waals surface area contributed by atoms with Gasteiger partial charge in [0.05, 0.1) is 10.3 Å². The molecule has 1 saturated heterocycles. The van der Waals surface area contributed by atoms with Gasteiger partial charge in [-0.2, -0.15) is 0 Å². The Hall–Kier alpha value is -3.40. The molecule has 0 bridgehead atoms. The highest BCUT2D eigenvalue weighted by atomic mass is 32.2. The van der Waals surface area contributed by atoms with Crippen molar-refractivity contribution in [3.63, 3.8) is 0 Å². The number of hydrogen-bond donors (Lipinski definition) is 1. The Morgan fingerprint density at radius 1 is 1.12 bits per heavy atom. The Morgan fingerprint density at radius 3 is 2.39 bits per heavy atom. The SMILES string of the molecule is C=C(C)c1cn(S(=O)(=O)c2ccc(C)cc2)c2ncnc(N3CC(C)N(C(=O)O)CC3C)c12. The van der Waals surface area contributed by atoms with Gasteiger partial charge in [0.2, 0.25) is 0 Å². The molecule has 9 nitrogen and oxygen atoms in total. The molecule has 1 N–H and O–H groups in total. The van der Waals surface area contributed by atoms with E-state index in [2.05, 4.69) is 16.5 Å². The van der Waals surface area contributed by atoms with Crippen molar-refractivity contribution in [3.8, 4) is 0 Å². The number of allylic oxidation sites excluding steroid dienone is 1. The zero-order chi connectivity index (χ0) is 24.1. The van der Waals surface area contributed by atoms with Crippen LogP contribution in [-0.4, -0.2) is 63.6 Å². The fourth-order valence-corrected chi connectivity index (χ4v) is 5.57. The fourth-order valence-electron chi connectivity index (χ4n) is 4.25. The molecule has 0 saturated carbocycles. The summed E-state index contributed by atoms with van der Waals surface area (Å²) in [6.07, 6.45) is 1.93. The monoisotopic (exact) mass is 469 g/mol. The van der Waals surface area contributed by atoms with Crippen LogP contribution in [0.2, 0.25) is 0 Å². The second kappa shape index (κ2) is 8.18. The number of aryl methyl sites for hydroxylation is 1. The van der Waals surface area contributed by atoms with E-state index in [9.17, 15) is 18.3 Å². The van der Waals surface area contributed by atoms with Gasteiger partial charge in [0.15, 0.2) is 5.65 Å². The summed E-state index contributed by atoms with van der Waals surface area (Å²) >= 11 is 0. The van der Waals surface area contributed by atoms with E-state index in [-0.39, 0.29) is 22.6 Å². The largest absolute Gasteiger partial charge is 0.465 e. The number of benzene rings is 1. The molecule has 1 fully saturated rings. The van der Waals surface area contributed by atoms with Gasteiger partial charge in [-0.25, -0.2) is 27.2 Å². The highest BCUT2D eigenvalue weighted by Gasteiger charge is 2.35. The van der Waals surface area contributed by atoms with E-state index in [0.29, 0.717) is 35.4 Å². The third-order valence-electron chi connectivity index (χ3n) is 6.07. The van der Waals surface area contributed by atoms with E-state index in [1.54, 1.807) is 30.5 Å². The van der Waals surface area contributed by atoms with Gasteiger partial charge < -0.3 is 14.9 Å². The maximum absolute atomic E-state index is 13.5. The number of hydrogen-bond acceptors (Lipinski definition) is 6. The lowest BCUT2D eigenvalue weighted by Gasteiger charge is -2.43. The van der Waals surface area contributed by atoms with E-state index < -0.39 is 16.1 Å². The van der Waals surface area contributed by atoms with Crippen molar-refractivity contribution in [2.45, 2.75) is 44.7 Å². The molecule has 2 atom stereocenters. The number of fused-ring (bicyclic) bond motifs is 1. The van der Waals surface area contributed by atoms with Gasteiger partial charge in [-0.3, -0.25) is 0 Å². The minimum absolute atomic E-state index is 0.162. The third-order valence-corrected chi connectivity index (χ3v) is 7.74. The topological polar surface area (TPSA) is 109 Å². The summed E-state index contributed by atoms with van der Waals surface area (Å²) in [5, 5.41) is 10.1. The predicted octanol–water partition coefficient (Wildman–Crippen LogP) is 3.59. The Bertz CT molecular complexity index is 1350. The van der Waals surface area contributed by atoms with E-state index in [4.69, 9.17) is 0 Å². The number of rotatable bonds is 4. The van der Waals surface area contributed by atoms with Crippen LogP contribution in [0.15, 0.2) is 48.3 Å². The number of piperazine rings is 1. The van der Waals surface area contributed by atoms with Crippen LogP contribution < -0.4 is 4.90 Å². The minimum Gasteiger partial charge on any atom is -0.465 e. The molecular weight excluding hydrogens is 442 g/mol. The van der Waals surface area contributed by atoms with Crippen LogP contribution in [-0.2, 0) is 10.0 Å². The molecule has 3 heterocycles. The Morgan fingerprint density at radius 2 is 1.79 bits per heavy atom. The summed E-state index contributed by atoms with van der Waals surface area (Å²) in [6.45, 7) is 12.3. The van der Waals surface area contributed by atoms with Crippen LogP contribution in [0.3, 0.4) is 0 Å². The predicted molar refractivity (Wildman–Crippen MR) is 127 cm³/mol. The zero-order valence-electron chi connectivity index (χ0n) is 19.1. The highest BCUT2D eigenvalue weighted by Crippen LogP contribution is 2.36. The first-order valence-electron chi connectivity index (χ1n) is 10.6. The van der Waals surface area contributed by atoms with Crippen LogP contribution >= 0.6 is 0 Å². The maximum Gasteiger partial charge on any atom is 0.407 e. The van der Waals surface area contributed by atoms with Crippen molar-refractivity contribution in [1.82, 2.24) is 18.8 Å². The molecule has 33 heavy (non-hydrogen) atoms. The molecule has 0 spiro atoms. The number of aromatic nitrogens is 3. The fraction of sp³-hybridized carbons (Fsp3) is 0.348. The van der Waals surface area contributed by atoms with Gasteiger partial charge in [0.25, 0.3) is 10.0 Å².